The average Bonchev–Trinajstić information content (AvgIpc) is 3.34. The monoisotopic (exact) mass is 602 g/mol. The average molecular weight is 603 g/mol. The molecule has 2 atom stereocenters. The van der Waals surface area contributed by atoms with Gasteiger partial charge in [0.2, 0.25) is 5.91 Å². The second kappa shape index (κ2) is 12.1. The van der Waals surface area contributed by atoms with Crippen molar-refractivity contribution in [2.45, 2.75) is 44.1 Å². The summed E-state index contributed by atoms with van der Waals surface area (Å²) in [6.45, 7) is 4.46. The molecule has 2 aliphatic heterocycles. The highest BCUT2D eigenvalue weighted by Crippen LogP contribution is 2.39. The number of likely N-dealkylation sites (tertiary alicyclic amines) is 2. The first-order valence-corrected chi connectivity index (χ1v) is 13.6. The standard InChI is InChI=1S/C29H33F7N4O2/c1-18(41)40-10-8-19(9-11-40)15-39-16-25(20-4-6-23(30)7-5-20)26(17-39)38(3)27(42)37(2)24-13-21(28(31,32)33)12-22(14-24)29(34,35)36/h4-7,12-14,19,25-26H,8-11,15-17H2,1-3H3/t25-,26+/m0/s1. The van der Waals surface area contributed by atoms with Crippen molar-refractivity contribution in [1.82, 2.24) is 14.7 Å². The number of likely N-dealkylation sites (N-methyl/N-ethyl adjacent to an activating group) is 1. The molecule has 0 saturated carbocycles. The molecule has 0 spiro atoms. The molecule has 2 saturated heterocycles. The van der Waals surface area contributed by atoms with E-state index in [0.29, 0.717) is 50.8 Å². The molecule has 2 aromatic carbocycles. The lowest BCUT2D eigenvalue weighted by Crippen LogP contribution is -2.47. The van der Waals surface area contributed by atoms with E-state index in [1.807, 2.05) is 0 Å². The van der Waals surface area contributed by atoms with Gasteiger partial charge in [0.1, 0.15) is 5.82 Å². The normalized spacial score (nSPS) is 20.6. The van der Waals surface area contributed by atoms with Crippen molar-refractivity contribution >= 4 is 17.6 Å². The van der Waals surface area contributed by atoms with E-state index in [9.17, 15) is 40.3 Å². The Labute approximate surface area is 239 Å². The highest BCUT2D eigenvalue weighted by atomic mass is 19.4. The Kier molecular flexibility index (Phi) is 9.10. The molecule has 0 N–H and O–H groups in total. The molecule has 0 aromatic heterocycles. The molecule has 3 amide bonds. The Morgan fingerprint density at radius 3 is 1.93 bits per heavy atom. The Morgan fingerprint density at radius 1 is 0.881 bits per heavy atom. The van der Waals surface area contributed by atoms with E-state index in [0.717, 1.165) is 30.4 Å². The lowest BCUT2D eigenvalue weighted by atomic mass is 9.93. The maximum atomic E-state index is 13.7. The molecule has 6 nitrogen and oxygen atoms in total. The lowest BCUT2D eigenvalue weighted by molar-refractivity contribution is -0.143. The predicted molar refractivity (Wildman–Crippen MR) is 142 cm³/mol. The molecule has 42 heavy (non-hydrogen) atoms. The number of urea groups is 1. The summed E-state index contributed by atoms with van der Waals surface area (Å²) in [5.41, 5.74) is -2.81. The van der Waals surface area contributed by atoms with Gasteiger partial charge in [-0.15, -0.1) is 0 Å². The predicted octanol–water partition coefficient (Wildman–Crippen LogP) is 6.08. The van der Waals surface area contributed by atoms with Gasteiger partial charge in [0, 0.05) is 65.3 Å². The van der Waals surface area contributed by atoms with Gasteiger partial charge in [-0.2, -0.15) is 26.3 Å². The van der Waals surface area contributed by atoms with Crippen molar-refractivity contribution in [3.63, 3.8) is 0 Å². The van der Waals surface area contributed by atoms with E-state index in [1.165, 1.54) is 31.0 Å². The van der Waals surface area contributed by atoms with Gasteiger partial charge in [-0.1, -0.05) is 12.1 Å². The fourth-order valence-corrected chi connectivity index (χ4v) is 5.86. The van der Waals surface area contributed by atoms with Gasteiger partial charge in [0.25, 0.3) is 0 Å². The summed E-state index contributed by atoms with van der Waals surface area (Å²) < 4.78 is 94.3. The topological polar surface area (TPSA) is 47.1 Å². The molecule has 0 aliphatic carbocycles. The van der Waals surface area contributed by atoms with Crippen LogP contribution < -0.4 is 4.90 Å². The number of amides is 3. The van der Waals surface area contributed by atoms with Crippen LogP contribution in [0.1, 0.15) is 42.4 Å². The smallest absolute Gasteiger partial charge is 0.343 e. The number of alkyl halides is 6. The summed E-state index contributed by atoms with van der Waals surface area (Å²) >= 11 is 0. The zero-order valence-corrected chi connectivity index (χ0v) is 23.5. The fraction of sp³-hybridized carbons (Fsp3) is 0.517. The fourth-order valence-electron chi connectivity index (χ4n) is 5.86. The minimum Gasteiger partial charge on any atom is -0.343 e. The maximum absolute atomic E-state index is 13.7. The van der Waals surface area contributed by atoms with Gasteiger partial charge in [-0.3, -0.25) is 9.69 Å². The van der Waals surface area contributed by atoms with Gasteiger partial charge in [0.15, 0.2) is 0 Å². The summed E-state index contributed by atoms with van der Waals surface area (Å²) in [5.74, 6) is -0.379. The minimum absolute atomic E-state index is 0.0197. The SMILES string of the molecule is CC(=O)N1CCC(CN2C[C@@H](N(C)C(=O)N(C)c3cc(C(F)(F)F)cc(C(F)(F)F)c3)[C@H](c3ccc(F)cc3)C2)CC1. The van der Waals surface area contributed by atoms with Crippen LogP contribution in [0.5, 0.6) is 0 Å². The van der Waals surface area contributed by atoms with Crippen molar-refractivity contribution in [1.29, 1.82) is 0 Å². The number of benzene rings is 2. The minimum atomic E-state index is -5.05. The molecule has 2 aliphatic rings. The van der Waals surface area contributed by atoms with Crippen LogP contribution in [-0.2, 0) is 17.1 Å². The third-order valence-electron chi connectivity index (χ3n) is 8.28. The number of carbonyl (C=O) groups excluding carboxylic acids is 2. The van der Waals surface area contributed by atoms with Crippen LogP contribution in [0, 0.1) is 11.7 Å². The molecule has 0 radical (unpaired) electrons. The molecular formula is C29H33F7N4O2. The Bertz CT molecular complexity index is 1240. The van der Waals surface area contributed by atoms with E-state index < -0.39 is 47.1 Å². The van der Waals surface area contributed by atoms with E-state index in [2.05, 4.69) is 4.90 Å². The van der Waals surface area contributed by atoms with E-state index in [4.69, 9.17) is 0 Å². The van der Waals surface area contributed by atoms with Crippen molar-refractivity contribution in [2.24, 2.45) is 5.92 Å². The summed E-state index contributed by atoms with van der Waals surface area (Å²) in [5, 5.41) is 0. The first-order valence-electron chi connectivity index (χ1n) is 13.6. The summed E-state index contributed by atoms with van der Waals surface area (Å²) in [7, 11) is 2.60. The van der Waals surface area contributed by atoms with Crippen LogP contribution in [0.4, 0.5) is 41.2 Å². The van der Waals surface area contributed by atoms with E-state index in [1.54, 1.807) is 17.0 Å². The molecule has 2 aromatic rings. The van der Waals surface area contributed by atoms with Gasteiger partial charge in [-0.25, -0.2) is 9.18 Å². The number of carbonyl (C=O) groups is 2. The summed E-state index contributed by atoms with van der Waals surface area (Å²) in [6, 6.07) is 5.64. The van der Waals surface area contributed by atoms with Crippen LogP contribution in [-0.4, -0.2) is 79.5 Å². The maximum Gasteiger partial charge on any atom is 0.416 e. The van der Waals surface area contributed by atoms with Crippen LogP contribution in [0.2, 0.25) is 0 Å². The zero-order chi connectivity index (χ0) is 31.0. The molecule has 0 unspecified atom stereocenters. The largest absolute Gasteiger partial charge is 0.416 e. The van der Waals surface area contributed by atoms with Gasteiger partial charge >= 0.3 is 18.4 Å². The quantitative estimate of drug-likeness (QED) is 0.390. The molecule has 13 heteroatoms. The van der Waals surface area contributed by atoms with Crippen LogP contribution in [0.3, 0.4) is 0 Å². The molecule has 230 valence electrons. The number of piperidine rings is 1. The van der Waals surface area contributed by atoms with Crippen molar-refractivity contribution in [2.75, 3.05) is 51.7 Å². The van der Waals surface area contributed by atoms with Crippen LogP contribution in [0.15, 0.2) is 42.5 Å². The number of hydrogen-bond donors (Lipinski definition) is 0. The number of anilines is 1. The molecule has 0 bridgehead atoms. The second-order valence-corrected chi connectivity index (χ2v) is 11.1. The highest BCUT2D eigenvalue weighted by molar-refractivity contribution is 5.92. The molecular weight excluding hydrogens is 569 g/mol. The van der Waals surface area contributed by atoms with Gasteiger partial charge in [0.05, 0.1) is 17.2 Å². The van der Waals surface area contributed by atoms with Gasteiger partial charge < -0.3 is 14.7 Å². The second-order valence-electron chi connectivity index (χ2n) is 11.1. The third kappa shape index (κ3) is 7.16. The van der Waals surface area contributed by atoms with E-state index >= 15 is 0 Å². The molecule has 4 rings (SSSR count). The van der Waals surface area contributed by atoms with Crippen molar-refractivity contribution in [3.8, 4) is 0 Å². The van der Waals surface area contributed by atoms with Crippen LogP contribution >= 0.6 is 0 Å². The third-order valence-corrected chi connectivity index (χ3v) is 8.28. The van der Waals surface area contributed by atoms with Crippen molar-refractivity contribution in [3.05, 3.63) is 65.0 Å². The van der Waals surface area contributed by atoms with Crippen LogP contribution in [0.25, 0.3) is 0 Å². The highest BCUT2D eigenvalue weighted by Gasteiger charge is 2.41. The lowest BCUT2D eigenvalue weighted by Gasteiger charge is -2.34. The number of hydrogen-bond acceptors (Lipinski definition) is 3. The molecule has 2 heterocycles. The summed E-state index contributed by atoms with van der Waals surface area (Å²) in [6.07, 6.45) is -8.47. The Morgan fingerprint density at radius 2 is 1.43 bits per heavy atom. The molecule has 2 fully saturated rings. The zero-order valence-electron chi connectivity index (χ0n) is 23.5. The summed E-state index contributed by atoms with van der Waals surface area (Å²) in [4.78, 5) is 31.3. The van der Waals surface area contributed by atoms with Crippen molar-refractivity contribution < 1.29 is 40.3 Å². The Balaban J connectivity index is 1.57. The number of halogens is 7. The Hall–Kier alpha value is -3.35. The first kappa shape index (κ1) is 31.6. The number of rotatable bonds is 5. The number of nitrogens with zero attached hydrogens (tertiary/aromatic N) is 4. The van der Waals surface area contributed by atoms with Gasteiger partial charge in [-0.05, 0) is 54.7 Å². The first-order chi connectivity index (χ1) is 19.5. The van der Waals surface area contributed by atoms with E-state index in [-0.39, 0.29) is 17.9 Å².